The van der Waals surface area contributed by atoms with Gasteiger partial charge in [-0.25, -0.2) is 0 Å². The van der Waals surface area contributed by atoms with Crippen LogP contribution in [-0.2, 0) is 9.53 Å². The first-order valence-electron chi connectivity index (χ1n) is 5.22. The maximum atomic E-state index is 11.7. The number of nitrogens with one attached hydrogen (secondary N) is 1. The number of terminal acetylenes is 1. The van der Waals surface area contributed by atoms with E-state index in [1.807, 2.05) is 20.8 Å². The Morgan fingerprint density at radius 2 is 2.38 bits per heavy atom. The number of allylic oxidation sites excluding steroid dienone is 1. The Kier molecular flexibility index (Phi) is 4.12. The fraction of sp³-hybridized carbons (Fsp3) is 0.500. The van der Waals surface area contributed by atoms with Crippen LogP contribution in [0, 0.1) is 18.3 Å². The van der Waals surface area contributed by atoms with Crippen molar-refractivity contribution in [2.45, 2.75) is 26.9 Å². The number of carbonyl (C=O) groups excluding carboxylic acids is 1. The van der Waals surface area contributed by atoms with Gasteiger partial charge in [-0.2, -0.15) is 0 Å². The Balaban J connectivity index is 2.88. The second kappa shape index (κ2) is 5.36. The molecule has 4 heteroatoms. The van der Waals surface area contributed by atoms with Gasteiger partial charge in [-0.3, -0.25) is 9.79 Å². The average Bonchev–Trinajstić information content (AvgIpc) is 2.25. The Labute approximate surface area is 95.8 Å². The molecule has 0 aromatic carbocycles. The van der Waals surface area contributed by atoms with E-state index in [4.69, 9.17) is 11.2 Å². The van der Waals surface area contributed by atoms with Crippen LogP contribution in [0.5, 0.6) is 0 Å². The van der Waals surface area contributed by atoms with Crippen LogP contribution in [0.4, 0.5) is 0 Å². The number of amides is 1. The quantitative estimate of drug-likeness (QED) is 0.708. The third-order valence-corrected chi connectivity index (χ3v) is 2.18. The molecule has 0 radical (unpaired) electrons. The summed E-state index contributed by atoms with van der Waals surface area (Å²) < 4.78 is 5.57. The van der Waals surface area contributed by atoms with Crippen LogP contribution < -0.4 is 5.32 Å². The molecule has 1 amide bonds. The van der Waals surface area contributed by atoms with Gasteiger partial charge in [0.05, 0.1) is 0 Å². The maximum absolute atomic E-state index is 11.7. The van der Waals surface area contributed by atoms with E-state index in [1.165, 1.54) is 0 Å². The Morgan fingerprint density at radius 1 is 1.69 bits per heavy atom. The zero-order valence-corrected chi connectivity index (χ0v) is 9.78. The Bertz CT molecular complexity index is 375. The van der Waals surface area contributed by atoms with E-state index in [0.717, 1.165) is 0 Å². The summed E-state index contributed by atoms with van der Waals surface area (Å²) in [4.78, 5) is 15.7. The van der Waals surface area contributed by atoms with Crippen LogP contribution in [0.15, 0.2) is 16.8 Å². The summed E-state index contributed by atoms with van der Waals surface area (Å²) in [6, 6.07) is 0. The van der Waals surface area contributed by atoms with E-state index in [1.54, 1.807) is 6.08 Å². The molecular weight excluding hydrogens is 204 g/mol. The first-order chi connectivity index (χ1) is 7.60. The maximum Gasteiger partial charge on any atom is 0.266 e. The summed E-state index contributed by atoms with van der Waals surface area (Å²) in [5.41, 5.74) is 0. The van der Waals surface area contributed by atoms with Crippen LogP contribution in [0.3, 0.4) is 0 Å². The number of hydrogen-bond acceptors (Lipinski definition) is 3. The number of rotatable bonds is 2. The highest BCUT2D eigenvalue weighted by molar-refractivity contribution is 6.09. The first-order valence-corrected chi connectivity index (χ1v) is 5.22. The average molecular weight is 220 g/mol. The van der Waals surface area contributed by atoms with Crippen molar-refractivity contribution in [1.82, 2.24) is 5.32 Å². The molecule has 1 fully saturated rings. The highest BCUT2D eigenvalue weighted by Crippen LogP contribution is 2.17. The number of nitrogens with zero attached hydrogens (tertiary/aromatic N) is 1. The molecule has 4 nitrogen and oxygen atoms in total. The normalized spacial score (nSPS) is 25.4. The largest absolute Gasteiger partial charge is 0.477 e. The van der Waals surface area contributed by atoms with Gasteiger partial charge in [0, 0.05) is 0 Å². The molecule has 16 heavy (non-hydrogen) atoms. The second-order valence-corrected chi connectivity index (χ2v) is 3.79. The van der Waals surface area contributed by atoms with Crippen molar-refractivity contribution in [3.63, 3.8) is 0 Å². The van der Waals surface area contributed by atoms with Crippen molar-refractivity contribution in [2.24, 2.45) is 10.9 Å². The van der Waals surface area contributed by atoms with Crippen molar-refractivity contribution < 1.29 is 9.53 Å². The van der Waals surface area contributed by atoms with Gasteiger partial charge in [0.1, 0.15) is 6.54 Å². The van der Waals surface area contributed by atoms with Gasteiger partial charge in [0.15, 0.2) is 17.7 Å². The molecule has 1 rings (SSSR count). The monoisotopic (exact) mass is 220 g/mol. The van der Waals surface area contributed by atoms with E-state index >= 15 is 0 Å². The summed E-state index contributed by atoms with van der Waals surface area (Å²) in [5.74, 6) is 3.33. The minimum Gasteiger partial charge on any atom is -0.477 e. The fourth-order valence-electron chi connectivity index (χ4n) is 1.38. The molecule has 86 valence electrons. The molecular formula is C12H16N2O2. The van der Waals surface area contributed by atoms with Crippen molar-refractivity contribution >= 4 is 11.7 Å². The summed E-state index contributed by atoms with van der Waals surface area (Å²) in [6.07, 6.45) is 6.42. The van der Waals surface area contributed by atoms with Gasteiger partial charge in [-0.15, -0.1) is 6.42 Å². The minimum atomic E-state index is -0.462. The van der Waals surface area contributed by atoms with E-state index in [0.29, 0.717) is 11.6 Å². The Hall–Kier alpha value is -1.76. The minimum absolute atomic E-state index is 0.115. The molecule has 1 aliphatic heterocycles. The van der Waals surface area contributed by atoms with Crippen LogP contribution in [0.1, 0.15) is 20.8 Å². The summed E-state index contributed by atoms with van der Waals surface area (Å²) in [7, 11) is 0. The molecule has 0 aromatic rings. The number of amidine groups is 1. The smallest absolute Gasteiger partial charge is 0.266 e. The van der Waals surface area contributed by atoms with E-state index in [9.17, 15) is 4.79 Å². The van der Waals surface area contributed by atoms with Gasteiger partial charge < -0.3 is 10.1 Å². The molecule has 0 spiro atoms. The molecule has 0 aromatic heterocycles. The lowest BCUT2D eigenvalue weighted by molar-refractivity contribution is -0.132. The van der Waals surface area contributed by atoms with Crippen molar-refractivity contribution in [1.29, 1.82) is 0 Å². The highest BCUT2D eigenvalue weighted by atomic mass is 16.5. The zero-order chi connectivity index (χ0) is 12.1. The molecule has 1 N–H and O–H groups in total. The van der Waals surface area contributed by atoms with E-state index in [2.05, 4.69) is 16.2 Å². The lowest BCUT2D eigenvalue weighted by Gasteiger charge is -2.29. The van der Waals surface area contributed by atoms with Crippen molar-refractivity contribution in [3.8, 4) is 12.3 Å². The predicted octanol–water partition coefficient (Wildman–Crippen LogP) is 1.09. The number of carbonyl (C=O) groups is 1. The van der Waals surface area contributed by atoms with Gasteiger partial charge in [-0.05, 0) is 18.9 Å². The summed E-state index contributed by atoms with van der Waals surface area (Å²) in [5, 5.41) is 2.71. The molecule has 1 heterocycles. The lowest BCUT2D eigenvalue weighted by atomic mass is 10.1. The Morgan fingerprint density at radius 3 is 2.88 bits per heavy atom. The molecule has 1 aliphatic rings. The number of ether oxygens (including phenoxy) is 1. The number of aliphatic imine (C=N–C) groups is 1. The zero-order valence-electron chi connectivity index (χ0n) is 9.78. The second-order valence-electron chi connectivity index (χ2n) is 3.79. The molecule has 0 aliphatic carbocycles. The summed E-state index contributed by atoms with van der Waals surface area (Å²) >= 11 is 0. The topological polar surface area (TPSA) is 50.7 Å². The van der Waals surface area contributed by atoms with Crippen LogP contribution in [0.2, 0.25) is 0 Å². The molecule has 0 bridgehead atoms. The van der Waals surface area contributed by atoms with Gasteiger partial charge in [-0.1, -0.05) is 19.8 Å². The molecule has 0 saturated carbocycles. The van der Waals surface area contributed by atoms with Crippen LogP contribution >= 0.6 is 0 Å². The van der Waals surface area contributed by atoms with Crippen molar-refractivity contribution in [3.05, 3.63) is 11.8 Å². The molecule has 1 saturated heterocycles. The van der Waals surface area contributed by atoms with E-state index in [-0.39, 0.29) is 18.4 Å². The predicted molar refractivity (Wildman–Crippen MR) is 62.7 cm³/mol. The first kappa shape index (κ1) is 12.3. The SMILES string of the molecule is C#CCN=C1NC(=O)C(C(C)C)OC1=CC. The molecule has 1 unspecified atom stereocenters. The fourth-order valence-corrected chi connectivity index (χ4v) is 1.38. The summed E-state index contributed by atoms with van der Waals surface area (Å²) in [6.45, 7) is 5.92. The van der Waals surface area contributed by atoms with Gasteiger partial charge in [0.2, 0.25) is 0 Å². The third kappa shape index (κ3) is 2.63. The number of morpholine rings is 1. The van der Waals surface area contributed by atoms with Crippen LogP contribution in [0.25, 0.3) is 0 Å². The van der Waals surface area contributed by atoms with Crippen molar-refractivity contribution in [2.75, 3.05) is 6.54 Å². The standard InChI is InChI=1S/C12H16N2O2/c1-5-7-13-11-9(6-2)16-10(8(3)4)12(15)14-11/h1,6,8,10H,7H2,2-4H3,(H,13,14,15). The molecule has 1 atom stereocenters. The van der Waals surface area contributed by atoms with Gasteiger partial charge in [0.25, 0.3) is 5.91 Å². The van der Waals surface area contributed by atoms with Gasteiger partial charge >= 0.3 is 0 Å². The lowest BCUT2D eigenvalue weighted by Crippen LogP contribution is -2.49. The number of hydrogen-bond donors (Lipinski definition) is 1. The van der Waals surface area contributed by atoms with E-state index < -0.39 is 6.10 Å². The third-order valence-electron chi connectivity index (χ3n) is 2.18. The highest BCUT2D eigenvalue weighted by Gasteiger charge is 2.32. The van der Waals surface area contributed by atoms with Crippen LogP contribution in [-0.4, -0.2) is 24.4 Å².